The van der Waals surface area contributed by atoms with Crippen LogP contribution in [-0.2, 0) is 0 Å². The molecule has 0 saturated carbocycles. The zero-order chi connectivity index (χ0) is 33.0. The fourth-order valence-corrected chi connectivity index (χ4v) is 7.28. The summed E-state index contributed by atoms with van der Waals surface area (Å²) in [5, 5.41) is 19.4. The van der Waals surface area contributed by atoms with Crippen molar-refractivity contribution < 1.29 is 0 Å². The van der Waals surface area contributed by atoms with Crippen molar-refractivity contribution >= 4 is 97.0 Å². The van der Waals surface area contributed by atoms with Gasteiger partial charge in [0, 0.05) is 32.3 Å². The van der Waals surface area contributed by atoms with Gasteiger partial charge >= 0.3 is 0 Å². The molecule has 0 aliphatic heterocycles. The van der Waals surface area contributed by atoms with Gasteiger partial charge in [0.1, 0.15) is 0 Å². The maximum Gasteiger partial charge on any atom is 0.0334 e. The predicted molar refractivity (Wildman–Crippen MR) is 210 cm³/mol. The first-order valence-corrected chi connectivity index (χ1v) is 16.7. The Bertz CT molecular complexity index is 2940. The van der Waals surface area contributed by atoms with Crippen molar-refractivity contribution in [1.29, 1.82) is 0 Å². The van der Waals surface area contributed by atoms with Gasteiger partial charge in [0.2, 0.25) is 0 Å². The Morgan fingerprint density at radius 3 is 0.680 bits per heavy atom. The standard InChI is InChI=1S/C50H24/c1-2-10-34-12-4-18-40-28-42-20-6-14-36(48(42)31-46(34)40)24-26-38-16-8-22-44-29-43-21-7-15-37(49(43)32-50(38)44)25-23-35-13-5-19-41-27-39-17-3-11-33(9-1)45(39)30-47(35)41/h3-8,11-22,27-32H. The lowest BCUT2D eigenvalue weighted by Crippen LogP contribution is -1.78. The SMILES string of the molecule is c1c#cc2cccc3cc4cccc(c#cc5cccc6cc7cccc(c#cc8cccc9cc%10cccc(c#1)c%10cc89)c7cc56)c4cc23. The van der Waals surface area contributed by atoms with E-state index in [9.17, 15) is 0 Å². The third kappa shape index (κ3) is 4.65. The first-order valence-electron chi connectivity index (χ1n) is 16.7. The van der Waals surface area contributed by atoms with Crippen molar-refractivity contribution in [3.8, 4) is 0 Å². The normalized spacial score (nSPS) is 11.0. The van der Waals surface area contributed by atoms with E-state index < -0.39 is 0 Å². The first kappa shape index (κ1) is 27.9. The van der Waals surface area contributed by atoms with Crippen LogP contribution in [0.5, 0.6) is 0 Å². The maximum atomic E-state index is 3.55. The summed E-state index contributed by atoms with van der Waals surface area (Å²) in [4.78, 5) is 0. The Labute approximate surface area is 290 Å². The highest BCUT2D eigenvalue weighted by Gasteiger charge is 2.05. The van der Waals surface area contributed by atoms with Crippen molar-refractivity contribution in [2.75, 3.05) is 0 Å². The lowest BCUT2D eigenvalue weighted by Gasteiger charge is -2.04. The molecule has 224 valence electrons. The number of hydrogen-bond donors (Lipinski definition) is 0. The molecule has 10 aromatic rings. The van der Waals surface area contributed by atoms with Crippen LogP contribution in [0, 0.1) is 48.5 Å². The third-order valence-electron chi connectivity index (χ3n) is 9.76. The topological polar surface area (TPSA) is 0 Å². The lowest BCUT2D eigenvalue weighted by atomic mass is 9.99. The Morgan fingerprint density at radius 1 is 0.220 bits per heavy atom. The van der Waals surface area contributed by atoms with E-state index in [1.165, 1.54) is 0 Å². The van der Waals surface area contributed by atoms with Gasteiger partial charge in [-0.15, -0.1) is 0 Å². The molecule has 0 aliphatic carbocycles. The van der Waals surface area contributed by atoms with Crippen molar-refractivity contribution in [3.63, 3.8) is 0 Å². The van der Waals surface area contributed by atoms with Gasteiger partial charge in [-0.2, -0.15) is 0 Å². The fraction of sp³-hybridized carbons (Fsp3) is 0. The monoisotopic (exact) mass is 624 g/mol. The number of benzene rings is 9. The van der Waals surface area contributed by atoms with Gasteiger partial charge in [0.15, 0.2) is 0 Å². The van der Waals surface area contributed by atoms with E-state index >= 15 is 0 Å². The molecule has 0 N–H and O–H groups in total. The molecule has 0 amide bonds. The van der Waals surface area contributed by atoms with Crippen molar-refractivity contribution in [2.45, 2.75) is 0 Å². The minimum absolute atomic E-state index is 0.948. The zero-order valence-electron chi connectivity index (χ0n) is 26.9. The van der Waals surface area contributed by atoms with Gasteiger partial charge in [0.25, 0.3) is 0 Å². The molecule has 0 unspecified atom stereocenters. The van der Waals surface area contributed by atoms with E-state index in [1.807, 2.05) is 0 Å². The average Bonchev–Trinajstić information content (AvgIpc) is 3.15. The molecule has 6 bridgehead atoms. The molecule has 10 aromatic carbocycles. The molecular formula is C50H24. The molecule has 50 heavy (non-hydrogen) atoms. The van der Waals surface area contributed by atoms with Crippen LogP contribution in [0.3, 0.4) is 0 Å². The van der Waals surface area contributed by atoms with Crippen LogP contribution in [0.2, 0.25) is 0 Å². The summed E-state index contributed by atoms with van der Waals surface area (Å²) in [7, 11) is 0. The summed E-state index contributed by atoms with van der Waals surface area (Å²) in [6.07, 6.45) is 0. The molecule has 0 atom stereocenters. The van der Waals surface area contributed by atoms with Gasteiger partial charge in [-0.3, -0.25) is 0 Å². The number of rotatable bonds is 0. The second kappa shape index (κ2) is 11.2. The van der Waals surface area contributed by atoms with Gasteiger partial charge in [-0.1, -0.05) is 109 Å². The highest BCUT2D eigenvalue weighted by atomic mass is 14.1. The lowest BCUT2D eigenvalue weighted by molar-refractivity contribution is 1.80. The summed E-state index contributed by atoms with van der Waals surface area (Å²) in [6.45, 7) is 0. The molecule has 0 saturated heterocycles. The van der Waals surface area contributed by atoms with E-state index in [0.717, 1.165) is 97.0 Å². The quantitative estimate of drug-likeness (QED) is 0.147. The largest absolute Gasteiger partial charge is 0.0610 e. The smallest absolute Gasteiger partial charge is 0.0334 e. The van der Waals surface area contributed by atoms with E-state index in [1.54, 1.807) is 0 Å². The minimum atomic E-state index is 0.948. The minimum Gasteiger partial charge on any atom is -0.0610 e. The number of hydrogen-bond acceptors (Lipinski definition) is 0. The van der Waals surface area contributed by atoms with E-state index in [2.05, 4.69) is 194 Å². The van der Waals surface area contributed by atoms with Crippen LogP contribution in [0.4, 0.5) is 0 Å². The molecule has 0 nitrogen and oxygen atoms in total. The van der Waals surface area contributed by atoms with E-state index in [0.29, 0.717) is 0 Å². The van der Waals surface area contributed by atoms with Crippen LogP contribution in [0.15, 0.2) is 146 Å². The third-order valence-corrected chi connectivity index (χ3v) is 9.76. The van der Waals surface area contributed by atoms with Crippen LogP contribution in [0.1, 0.15) is 0 Å². The molecular weight excluding hydrogens is 601 g/mol. The van der Waals surface area contributed by atoms with Crippen molar-refractivity contribution in [3.05, 3.63) is 194 Å². The highest BCUT2D eigenvalue weighted by molar-refractivity contribution is 6.13. The maximum absolute atomic E-state index is 3.55. The Kier molecular flexibility index (Phi) is 6.24. The van der Waals surface area contributed by atoms with Gasteiger partial charge in [-0.05, 0) is 150 Å². The van der Waals surface area contributed by atoms with Crippen molar-refractivity contribution in [1.82, 2.24) is 0 Å². The summed E-state index contributed by atoms with van der Waals surface area (Å²) in [5.41, 5.74) is 0. The van der Waals surface area contributed by atoms with E-state index in [4.69, 9.17) is 0 Å². The van der Waals surface area contributed by atoms with Crippen LogP contribution < -0.4 is 0 Å². The summed E-state index contributed by atoms with van der Waals surface area (Å²) < 4.78 is 0. The van der Waals surface area contributed by atoms with Gasteiger partial charge in [0.05, 0.1) is 0 Å². The molecule has 0 heterocycles. The summed E-state index contributed by atoms with van der Waals surface area (Å²) in [6, 6.07) is 78.6. The molecule has 0 spiro atoms. The zero-order valence-corrected chi connectivity index (χ0v) is 26.9. The van der Waals surface area contributed by atoms with Gasteiger partial charge < -0.3 is 0 Å². The summed E-state index contributed by atoms with van der Waals surface area (Å²) >= 11 is 0. The van der Waals surface area contributed by atoms with Crippen LogP contribution >= 0.6 is 0 Å². The first-order chi connectivity index (χ1) is 24.7. The molecule has 0 fully saturated rings. The van der Waals surface area contributed by atoms with Crippen LogP contribution in [0.25, 0.3) is 97.0 Å². The predicted octanol–water partition coefficient (Wildman–Crippen LogP) is 12.7. The Morgan fingerprint density at radius 2 is 0.440 bits per heavy atom. The molecule has 0 aromatic heterocycles. The average molecular weight is 625 g/mol. The second-order valence-electron chi connectivity index (χ2n) is 12.7. The molecule has 10 rings (SSSR count). The molecule has 0 aliphatic rings. The highest BCUT2D eigenvalue weighted by Crippen LogP contribution is 2.31. The fourth-order valence-electron chi connectivity index (χ4n) is 7.28. The molecule has 0 radical (unpaired) electrons. The second-order valence-corrected chi connectivity index (χ2v) is 12.7. The Hall–Kier alpha value is -7.22. The molecule has 0 heteroatoms. The van der Waals surface area contributed by atoms with Gasteiger partial charge in [-0.25, -0.2) is 0 Å². The van der Waals surface area contributed by atoms with E-state index in [-0.39, 0.29) is 0 Å². The van der Waals surface area contributed by atoms with Crippen molar-refractivity contribution in [2.24, 2.45) is 0 Å². The van der Waals surface area contributed by atoms with Crippen LogP contribution in [-0.4, -0.2) is 0 Å². The summed E-state index contributed by atoms with van der Waals surface area (Å²) in [5.74, 6) is 0. The Balaban J connectivity index is 1.36.